The lowest BCUT2D eigenvalue weighted by molar-refractivity contribution is -0.125. The third kappa shape index (κ3) is 3.43. The zero-order valence-corrected chi connectivity index (χ0v) is 14.3. The number of benzene rings is 2. The second kappa shape index (κ2) is 7.09. The van der Waals surface area contributed by atoms with Gasteiger partial charge in [0.25, 0.3) is 0 Å². The van der Waals surface area contributed by atoms with Crippen LogP contribution in [0.3, 0.4) is 0 Å². The van der Waals surface area contributed by atoms with Gasteiger partial charge in [-0.25, -0.2) is 4.98 Å². The van der Waals surface area contributed by atoms with Crippen molar-refractivity contribution in [3.63, 3.8) is 0 Å². The third-order valence-electron chi connectivity index (χ3n) is 5.02. The van der Waals surface area contributed by atoms with Gasteiger partial charge >= 0.3 is 0 Å². The Hall–Kier alpha value is -2.62. The van der Waals surface area contributed by atoms with E-state index in [0.29, 0.717) is 0 Å². The van der Waals surface area contributed by atoms with Crippen molar-refractivity contribution in [3.05, 3.63) is 66.0 Å². The number of carbonyl (C=O) groups is 1. The number of aromatic nitrogens is 2. The Bertz CT molecular complexity index is 869. The van der Waals surface area contributed by atoms with Crippen LogP contribution in [0.2, 0.25) is 0 Å². The first-order valence-corrected chi connectivity index (χ1v) is 9.07. The lowest BCUT2D eigenvalue weighted by Crippen LogP contribution is -2.36. The number of fused-ring (bicyclic) bond motifs is 3. The molecular weight excluding hydrogens is 310 g/mol. The maximum Gasteiger partial charge on any atom is 0.223 e. The Balaban J connectivity index is 1.31. The molecule has 25 heavy (non-hydrogen) atoms. The number of hydrogen-bond donors (Lipinski definition) is 1. The topological polar surface area (TPSA) is 46.9 Å². The molecule has 0 saturated carbocycles. The minimum atomic E-state index is 0.0426. The molecule has 0 bridgehead atoms. The maximum absolute atomic E-state index is 12.5. The molecule has 128 valence electrons. The van der Waals surface area contributed by atoms with Crippen LogP contribution in [0.4, 0.5) is 0 Å². The summed E-state index contributed by atoms with van der Waals surface area (Å²) in [7, 11) is 0. The second-order valence-electron chi connectivity index (χ2n) is 6.74. The van der Waals surface area contributed by atoms with Crippen molar-refractivity contribution in [1.29, 1.82) is 0 Å². The summed E-state index contributed by atoms with van der Waals surface area (Å²) >= 11 is 0. The summed E-state index contributed by atoms with van der Waals surface area (Å²) in [5.41, 5.74) is 3.53. The van der Waals surface area contributed by atoms with Gasteiger partial charge in [0.1, 0.15) is 5.82 Å². The Kier molecular flexibility index (Phi) is 4.51. The normalized spacial score (nSPS) is 16.6. The summed E-state index contributed by atoms with van der Waals surface area (Å²) in [5.74, 6) is 1.25. The summed E-state index contributed by atoms with van der Waals surface area (Å²) in [4.78, 5) is 17.2. The fraction of sp³-hybridized carbons (Fsp3) is 0.333. The first-order chi connectivity index (χ1) is 12.3. The van der Waals surface area contributed by atoms with Crippen LogP contribution in [0, 0.1) is 5.92 Å². The Morgan fingerprint density at radius 2 is 1.92 bits per heavy atom. The van der Waals surface area contributed by atoms with Gasteiger partial charge in [-0.3, -0.25) is 4.79 Å². The largest absolute Gasteiger partial charge is 0.356 e. The van der Waals surface area contributed by atoms with Gasteiger partial charge in [0.05, 0.1) is 11.0 Å². The van der Waals surface area contributed by atoms with Gasteiger partial charge in [-0.1, -0.05) is 42.5 Å². The number of nitrogens with one attached hydrogen (secondary N) is 1. The molecule has 4 rings (SSSR count). The number of imidazole rings is 1. The number of carbonyl (C=O) groups excluding carboxylic acids is 1. The lowest BCUT2D eigenvalue weighted by Gasteiger charge is -2.23. The summed E-state index contributed by atoms with van der Waals surface area (Å²) in [6, 6.07) is 18.6. The first-order valence-electron chi connectivity index (χ1n) is 9.07. The van der Waals surface area contributed by atoms with Crippen LogP contribution in [0.25, 0.3) is 11.0 Å². The number of rotatable bonds is 5. The van der Waals surface area contributed by atoms with E-state index in [9.17, 15) is 4.79 Å². The van der Waals surface area contributed by atoms with Crippen LogP contribution < -0.4 is 5.32 Å². The second-order valence-corrected chi connectivity index (χ2v) is 6.74. The average molecular weight is 333 g/mol. The highest BCUT2D eigenvalue weighted by molar-refractivity contribution is 5.80. The van der Waals surface area contributed by atoms with Crippen LogP contribution in [-0.2, 0) is 24.2 Å². The molecule has 0 saturated heterocycles. The zero-order valence-electron chi connectivity index (χ0n) is 14.3. The monoisotopic (exact) mass is 333 g/mol. The molecule has 1 unspecified atom stereocenters. The molecule has 1 aromatic heterocycles. The number of nitrogens with zero attached hydrogens (tertiary/aromatic N) is 2. The minimum absolute atomic E-state index is 0.0426. The number of aryl methyl sites for hydroxylation is 2. The number of amides is 1. The molecule has 3 aromatic rings. The van der Waals surface area contributed by atoms with Crippen LogP contribution in [0.15, 0.2) is 54.6 Å². The fourth-order valence-electron chi connectivity index (χ4n) is 3.66. The van der Waals surface area contributed by atoms with Crippen LogP contribution in [-0.4, -0.2) is 22.0 Å². The molecule has 1 atom stereocenters. The van der Waals surface area contributed by atoms with E-state index in [0.717, 1.165) is 50.1 Å². The van der Waals surface area contributed by atoms with Crippen molar-refractivity contribution in [1.82, 2.24) is 14.9 Å². The van der Waals surface area contributed by atoms with Gasteiger partial charge in [0.2, 0.25) is 5.91 Å². The van der Waals surface area contributed by atoms with Crippen molar-refractivity contribution in [2.45, 2.75) is 32.2 Å². The van der Waals surface area contributed by atoms with Gasteiger partial charge in [-0.15, -0.1) is 0 Å². The SMILES string of the molecule is O=C(NCCCc1ccccc1)C1CCn2c(nc3ccccc32)C1. The molecule has 2 heterocycles. The van der Waals surface area contributed by atoms with Crippen molar-refractivity contribution in [2.75, 3.05) is 6.54 Å². The van der Waals surface area contributed by atoms with Gasteiger partial charge in [0, 0.05) is 25.4 Å². The average Bonchev–Trinajstić information content (AvgIpc) is 3.03. The smallest absolute Gasteiger partial charge is 0.223 e. The van der Waals surface area contributed by atoms with E-state index in [-0.39, 0.29) is 11.8 Å². The quantitative estimate of drug-likeness (QED) is 0.728. The summed E-state index contributed by atoms with van der Waals surface area (Å²) < 4.78 is 2.26. The molecule has 2 aromatic carbocycles. The van der Waals surface area contributed by atoms with Gasteiger partial charge in [0.15, 0.2) is 0 Å². The lowest BCUT2D eigenvalue weighted by atomic mass is 9.96. The van der Waals surface area contributed by atoms with E-state index in [1.165, 1.54) is 11.1 Å². The van der Waals surface area contributed by atoms with E-state index in [2.05, 4.69) is 40.2 Å². The predicted octanol–water partition coefficient (Wildman–Crippen LogP) is 3.35. The van der Waals surface area contributed by atoms with Crippen molar-refractivity contribution < 1.29 is 4.79 Å². The van der Waals surface area contributed by atoms with Gasteiger partial charge in [-0.2, -0.15) is 0 Å². The van der Waals surface area contributed by atoms with Crippen LogP contribution in [0.1, 0.15) is 24.2 Å². The molecule has 4 heteroatoms. The number of hydrogen-bond acceptors (Lipinski definition) is 2. The Labute approximate surface area is 147 Å². The van der Waals surface area contributed by atoms with Crippen LogP contribution >= 0.6 is 0 Å². The Morgan fingerprint density at radius 3 is 2.80 bits per heavy atom. The molecular formula is C21H23N3O. The van der Waals surface area contributed by atoms with Crippen molar-refractivity contribution >= 4 is 16.9 Å². The van der Waals surface area contributed by atoms with E-state index in [4.69, 9.17) is 4.98 Å². The predicted molar refractivity (Wildman–Crippen MR) is 99.3 cm³/mol. The molecule has 4 nitrogen and oxygen atoms in total. The van der Waals surface area contributed by atoms with Crippen molar-refractivity contribution in [3.8, 4) is 0 Å². The maximum atomic E-state index is 12.5. The third-order valence-corrected chi connectivity index (χ3v) is 5.02. The molecule has 0 fully saturated rings. The fourth-order valence-corrected chi connectivity index (χ4v) is 3.66. The highest BCUT2D eigenvalue weighted by Gasteiger charge is 2.26. The molecule has 1 amide bonds. The van der Waals surface area contributed by atoms with E-state index in [1.807, 2.05) is 24.3 Å². The van der Waals surface area contributed by atoms with Crippen molar-refractivity contribution in [2.24, 2.45) is 5.92 Å². The van der Waals surface area contributed by atoms with Gasteiger partial charge < -0.3 is 9.88 Å². The van der Waals surface area contributed by atoms with Crippen LogP contribution in [0.5, 0.6) is 0 Å². The minimum Gasteiger partial charge on any atom is -0.356 e. The molecule has 0 radical (unpaired) electrons. The summed E-state index contributed by atoms with van der Waals surface area (Å²) in [6.07, 6.45) is 3.60. The van der Waals surface area contributed by atoms with E-state index < -0.39 is 0 Å². The molecule has 1 N–H and O–H groups in total. The molecule has 0 spiro atoms. The van der Waals surface area contributed by atoms with E-state index >= 15 is 0 Å². The highest BCUT2D eigenvalue weighted by atomic mass is 16.1. The Morgan fingerprint density at radius 1 is 1.12 bits per heavy atom. The highest BCUT2D eigenvalue weighted by Crippen LogP contribution is 2.25. The molecule has 1 aliphatic rings. The molecule has 1 aliphatic heterocycles. The zero-order chi connectivity index (χ0) is 17.1. The molecule has 0 aliphatic carbocycles. The first kappa shape index (κ1) is 15.9. The number of para-hydroxylation sites is 2. The standard InChI is InChI=1S/C21H23N3O/c25-21(22-13-6-9-16-7-2-1-3-8-16)17-12-14-24-19-11-5-4-10-18(19)23-20(24)15-17/h1-5,7-8,10-11,17H,6,9,12-15H2,(H,22,25). The summed E-state index contributed by atoms with van der Waals surface area (Å²) in [6.45, 7) is 1.61. The summed E-state index contributed by atoms with van der Waals surface area (Å²) in [5, 5.41) is 3.11. The van der Waals surface area contributed by atoms with Gasteiger partial charge in [-0.05, 0) is 37.0 Å². The van der Waals surface area contributed by atoms with E-state index in [1.54, 1.807) is 0 Å².